The Morgan fingerprint density at radius 1 is 0.340 bits per heavy atom. The van der Waals surface area contributed by atoms with Gasteiger partial charge in [0.25, 0.3) is 0 Å². The Morgan fingerprint density at radius 2 is 0.638 bits per heavy atom. The van der Waals surface area contributed by atoms with Crippen LogP contribution < -0.4 is 15.6 Å². The van der Waals surface area contributed by atoms with Crippen LogP contribution in [-0.4, -0.2) is 17.2 Å². The van der Waals surface area contributed by atoms with Gasteiger partial charge in [-0.2, -0.15) is 0 Å². The fourth-order valence-corrected chi connectivity index (χ4v) is 11.5. The molecule has 47 heavy (non-hydrogen) atoms. The second-order valence-corrected chi connectivity index (χ2v) is 16.0. The number of nitrogens with zero attached hydrogens (tertiary/aromatic N) is 2. The van der Waals surface area contributed by atoms with Crippen LogP contribution in [0.2, 0.25) is 0 Å². The fraction of sp³-hybridized carbons (Fsp3) is 0. The van der Waals surface area contributed by atoms with Gasteiger partial charge >= 0.3 is 0 Å². The highest BCUT2D eigenvalue weighted by Gasteiger charge is 2.36. The van der Waals surface area contributed by atoms with Crippen LogP contribution in [0.4, 0.5) is 0 Å². The van der Waals surface area contributed by atoms with E-state index in [4.69, 9.17) is 0 Å². The third-order valence-electron chi connectivity index (χ3n) is 9.86. The number of para-hydroxylation sites is 4. The Hall–Kier alpha value is -5.90. The number of hydrogen-bond donors (Lipinski definition) is 0. The second-order valence-electron chi connectivity index (χ2n) is 12.2. The van der Waals surface area contributed by atoms with Crippen molar-refractivity contribution in [3.05, 3.63) is 188 Å². The van der Waals surface area contributed by atoms with E-state index in [9.17, 15) is 0 Å². The Bertz CT molecular complexity index is 2310. The van der Waals surface area contributed by atoms with Crippen molar-refractivity contribution in [2.75, 3.05) is 0 Å². The fourth-order valence-electron chi connectivity index (χ4n) is 7.70. The number of rotatable bonds is 6. The number of aromatic nitrogens is 2. The van der Waals surface area contributed by atoms with E-state index in [-0.39, 0.29) is 0 Å². The van der Waals surface area contributed by atoms with Crippen molar-refractivity contribution < 1.29 is 0 Å². The van der Waals surface area contributed by atoms with Crippen LogP contribution in [0.15, 0.2) is 188 Å². The lowest BCUT2D eigenvalue weighted by molar-refractivity contribution is 1.18. The van der Waals surface area contributed by atoms with Gasteiger partial charge in [0.1, 0.15) is 0 Å². The van der Waals surface area contributed by atoms with E-state index >= 15 is 0 Å². The first-order valence-electron chi connectivity index (χ1n) is 16.2. The minimum absolute atomic E-state index is 1.16. The smallest absolute Gasteiger partial charge is 0.171 e. The molecule has 0 saturated carbocycles. The third kappa shape index (κ3) is 4.10. The summed E-state index contributed by atoms with van der Waals surface area (Å²) in [6, 6.07) is 64.2. The summed E-state index contributed by atoms with van der Waals surface area (Å²) in [6.07, 6.45) is 0. The van der Waals surface area contributed by atoms with Gasteiger partial charge in [-0.3, -0.25) is 0 Å². The molecule has 222 valence electrons. The van der Waals surface area contributed by atoms with Crippen LogP contribution in [0.5, 0.6) is 0 Å². The summed E-state index contributed by atoms with van der Waals surface area (Å²) < 4.78 is 4.77. The van der Waals surface area contributed by atoms with Crippen molar-refractivity contribution in [2.45, 2.75) is 0 Å². The minimum Gasteiger partial charge on any atom is -0.309 e. The lowest BCUT2D eigenvalue weighted by Gasteiger charge is -2.31. The molecule has 0 spiro atoms. The molecule has 0 aliphatic carbocycles. The second kappa shape index (κ2) is 10.9. The Balaban J connectivity index is 1.20. The molecule has 0 unspecified atom stereocenters. The minimum atomic E-state index is -2.58. The molecule has 3 heteroatoms. The molecule has 0 amide bonds. The van der Waals surface area contributed by atoms with Crippen LogP contribution >= 0.6 is 0 Å². The van der Waals surface area contributed by atoms with E-state index in [0.717, 1.165) is 11.4 Å². The lowest BCUT2D eigenvalue weighted by Crippen LogP contribution is -2.65. The van der Waals surface area contributed by atoms with Gasteiger partial charge in [-0.05, 0) is 64.1 Å². The predicted molar refractivity (Wildman–Crippen MR) is 203 cm³/mol. The quantitative estimate of drug-likeness (QED) is 0.130. The summed E-state index contributed by atoms with van der Waals surface area (Å²) in [4.78, 5) is 0. The molecule has 0 N–H and O–H groups in total. The van der Waals surface area contributed by atoms with Crippen LogP contribution in [0.1, 0.15) is 0 Å². The highest BCUT2D eigenvalue weighted by atomic mass is 28.3. The molecule has 0 bridgehead atoms. The first kappa shape index (κ1) is 27.4. The maximum Gasteiger partial charge on any atom is 0.171 e. The molecule has 0 atom stereocenters. The summed E-state index contributed by atoms with van der Waals surface area (Å²) in [7, 11) is -2.58. The van der Waals surface area contributed by atoms with Gasteiger partial charge in [-0.15, -0.1) is 6.58 Å². The van der Waals surface area contributed by atoms with E-state index in [1.54, 1.807) is 0 Å². The first-order chi connectivity index (χ1) is 23.3. The molecule has 0 saturated heterocycles. The van der Waals surface area contributed by atoms with E-state index < -0.39 is 8.07 Å². The van der Waals surface area contributed by atoms with Gasteiger partial charge in [0.2, 0.25) is 0 Å². The monoisotopic (exact) mass is 616 g/mol. The van der Waals surface area contributed by atoms with E-state index in [0.29, 0.717) is 0 Å². The molecule has 9 aromatic rings. The summed E-state index contributed by atoms with van der Waals surface area (Å²) in [5.41, 5.74) is 9.44. The van der Waals surface area contributed by atoms with E-state index in [1.807, 2.05) is 0 Å². The topological polar surface area (TPSA) is 9.86 Å². The van der Waals surface area contributed by atoms with Crippen molar-refractivity contribution in [3.63, 3.8) is 0 Å². The molecule has 0 aliphatic heterocycles. The molecule has 0 radical (unpaired) electrons. The average Bonchev–Trinajstić information content (AvgIpc) is 3.67. The predicted octanol–water partition coefficient (Wildman–Crippen LogP) is 9.08. The standard InChI is InChI=1S/C44H32N2Si/c1-2-47(34-14-4-3-5-15-34,35-28-24-32(25-29-35)45-41-20-10-6-16-37(41)38-17-7-11-21-42(38)45)36-30-26-33(27-31-36)46-43-22-12-8-18-39(43)40-19-9-13-23-44(40)46/h2-31H,1H2. The van der Waals surface area contributed by atoms with Crippen molar-refractivity contribution in [1.82, 2.24) is 9.13 Å². The molecular weight excluding hydrogens is 585 g/mol. The van der Waals surface area contributed by atoms with Crippen molar-refractivity contribution in [2.24, 2.45) is 0 Å². The zero-order chi connectivity index (χ0) is 31.4. The summed E-state index contributed by atoms with van der Waals surface area (Å²) in [5, 5.41) is 9.04. The van der Waals surface area contributed by atoms with Gasteiger partial charge in [0, 0.05) is 32.9 Å². The van der Waals surface area contributed by atoms with Crippen LogP contribution in [-0.2, 0) is 0 Å². The first-order valence-corrected chi connectivity index (χ1v) is 18.2. The normalized spacial score (nSPS) is 11.9. The average molecular weight is 617 g/mol. The van der Waals surface area contributed by atoms with Gasteiger partial charge in [-0.1, -0.05) is 133 Å². The maximum absolute atomic E-state index is 4.52. The van der Waals surface area contributed by atoms with Crippen LogP contribution in [0.25, 0.3) is 55.0 Å². The highest BCUT2D eigenvalue weighted by molar-refractivity contribution is 7.14. The summed E-state index contributed by atoms with van der Waals surface area (Å²) in [6.45, 7) is 4.52. The van der Waals surface area contributed by atoms with Gasteiger partial charge < -0.3 is 9.13 Å². The van der Waals surface area contributed by atoms with Crippen LogP contribution in [0, 0.1) is 0 Å². The number of hydrogen-bond acceptors (Lipinski definition) is 0. The molecule has 0 aliphatic rings. The molecular formula is C44H32N2Si. The van der Waals surface area contributed by atoms with Crippen LogP contribution in [0.3, 0.4) is 0 Å². The maximum atomic E-state index is 4.52. The Labute approximate surface area is 275 Å². The van der Waals surface area contributed by atoms with Gasteiger partial charge in [-0.25, -0.2) is 0 Å². The summed E-state index contributed by atoms with van der Waals surface area (Å²) in [5.74, 6) is 0. The number of fused-ring (bicyclic) bond motifs is 6. The van der Waals surface area contributed by atoms with Crippen molar-refractivity contribution in [3.8, 4) is 11.4 Å². The van der Waals surface area contributed by atoms with Crippen molar-refractivity contribution >= 4 is 67.2 Å². The third-order valence-corrected chi connectivity index (χ3v) is 14.2. The number of benzene rings is 7. The zero-order valence-corrected chi connectivity index (χ0v) is 26.9. The largest absolute Gasteiger partial charge is 0.309 e. The molecule has 2 heterocycles. The Kier molecular flexibility index (Phi) is 6.34. The van der Waals surface area contributed by atoms with Gasteiger partial charge in [0.15, 0.2) is 8.07 Å². The SMILES string of the molecule is C=C[Si](c1ccccc1)(c1ccc(-n2c3ccccc3c3ccccc32)cc1)c1ccc(-n2c3ccccc3c3ccccc32)cc1. The molecule has 0 fully saturated rings. The van der Waals surface area contributed by atoms with Crippen molar-refractivity contribution in [1.29, 1.82) is 0 Å². The summed E-state index contributed by atoms with van der Waals surface area (Å²) >= 11 is 0. The lowest BCUT2D eigenvalue weighted by atomic mass is 10.2. The molecule has 7 aromatic carbocycles. The molecule has 9 rings (SSSR count). The zero-order valence-electron chi connectivity index (χ0n) is 25.9. The van der Waals surface area contributed by atoms with Gasteiger partial charge in [0.05, 0.1) is 22.1 Å². The Morgan fingerprint density at radius 3 is 0.979 bits per heavy atom. The molecule has 2 nitrogen and oxygen atoms in total. The van der Waals surface area contributed by atoms with E-state index in [1.165, 1.54) is 59.2 Å². The molecule has 2 aromatic heterocycles. The highest BCUT2D eigenvalue weighted by Crippen LogP contribution is 2.33. The van der Waals surface area contributed by atoms with E-state index in [2.05, 4.69) is 197 Å².